The van der Waals surface area contributed by atoms with Crippen molar-refractivity contribution in [3.63, 3.8) is 0 Å². The molecule has 1 aromatic carbocycles. The maximum atomic E-state index is 5.75. The van der Waals surface area contributed by atoms with Gasteiger partial charge in [-0.3, -0.25) is 0 Å². The Morgan fingerprint density at radius 1 is 1.00 bits per heavy atom. The van der Waals surface area contributed by atoms with E-state index < -0.39 is 0 Å². The van der Waals surface area contributed by atoms with Gasteiger partial charge in [0.1, 0.15) is 6.61 Å². The van der Waals surface area contributed by atoms with Crippen LogP contribution in [0.2, 0.25) is 0 Å². The Morgan fingerprint density at radius 2 is 1.81 bits per heavy atom. The summed E-state index contributed by atoms with van der Waals surface area (Å²) < 4.78 is 16.8. The van der Waals surface area contributed by atoms with E-state index in [1.54, 1.807) is 0 Å². The third-order valence-electron chi connectivity index (χ3n) is 2.86. The number of hydrogen-bond donors (Lipinski definition) is 1. The van der Waals surface area contributed by atoms with E-state index in [2.05, 4.69) is 32.2 Å². The van der Waals surface area contributed by atoms with Gasteiger partial charge in [-0.1, -0.05) is 26.8 Å². The van der Waals surface area contributed by atoms with Crippen molar-refractivity contribution in [1.82, 2.24) is 5.32 Å². The van der Waals surface area contributed by atoms with Gasteiger partial charge >= 0.3 is 0 Å². The van der Waals surface area contributed by atoms with Crippen LogP contribution >= 0.6 is 0 Å². The molecule has 0 saturated heterocycles. The highest BCUT2D eigenvalue weighted by Gasteiger charge is 2.07. The number of hydrogen-bond acceptors (Lipinski definition) is 4. The molecule has 0 bridgehead atoms. The Morgan fingerprint density at radius 3 is 2.48 bits per heavy atom. The van der Waals surface area contributed by atoms with E-state index >= 15 is 0 Å². The normalized spacial score (nSPS) is 10.9. The van der Waals surface area contributed by atoms with Crippen molar-refractivity contribution < 1.29 is 14.2 Å². The molecule has 1 rings (SSSR count). The van der Waals surface area contributed by atoms with E-state index in [4.69, 9.17) is 14.2 Å². The highest BCUT2D eigenvalue weighted by atomic mass is 16.5. The van der Waals surface area contributed by atoms with Crippen LogP contribution in [0.4, 0.5) is 0 Å². The van der Waals surface area contributed by atoms with Crippen molar-refractivity contribution in [2.45, 2.75) is 46.7 Å². The first kappa shape index (κ1) is 17.8. The van der Waals surface area contributed by atoms with Gasteiger partial charge in [-0.15, -0.1) is 0 Å². The van der Waals surface area contributed by atoms with Gasteiger partial charge in [0.2, 0.25) is 0 Å². The monoisotopic (exact) mass is 295 g/mol. The van der Waals surface area contributed by atoms with E-state index in [1.807, 2.05) is 19.1 Å². The largest absolute Gasteiger partial charge is 0.490 e. The van der Waals surface area contributed by atoms with E-state index in [9.17, 15) is 0 Å². The summed E-state index contributed by atoms with van der Waals surface area (Å²) in [6, 6.07) is 6.55. The van der Waals surface area contributed by atoms with Gasteiger partial charge < -0.3 is 19.5 Å². The highest BCUT2D eigenvalue weighted by Crippen LogP contribution is 2.28. The fourth-order valence-corrected chi connectivity index (χ4v) is 1.83. The van der Waals surface area contributed by atoms with Crippen molar-refractivity contribution in [3.8, 4) is 11.5 Å². The molecule has 0 fully saturated rings. The summed E-state index contributed by atoms with van der Waals surface area (Å²) in [7, 11) is 0. The predicted molar refractivity (Wildman–Crippen MR) is 86.2 cm³/mol. The molecule has 0 heterocycles. The lowest BCUT2D eigenvalue weighted by molar-refractivity contribution is 0.0992. The Labute approximate surface area is 128 Å². The first-order chi connectivity index (χ1) is 10.2. The summed E-state index contributed by atoms with van der Waals surface area (Å²) >= 11 is 0. The van der Waals surface area contributed by atoms with E-state index in [-0.39, 0.29) is 0 Å². The van der Waals surface area contributed by atoms with Crippen LogP contribution in [-0.4, -0.2) is 32.5 Å². The molecule has 0 radical (unpaired) electrons. The SMILES string of the molecule is CCCOCCOc1ccc(CNC(C)C)cc1OCC. The first-order valence-electron chi connectivity index (χ1n) is 7.87. The predicted octanol–water partition coefficient (Wildman–Crippen LogP) is 3.39. The molecule has 4 nitrogen and oxygen atoms in total. The first-order valence-corrected chi connectivity index (χ1v) is 7.87. The fourth-order valence-electron chi connectivity index (χ4n) is 1.83. The van der Waals surface area contributed by atoms with Crippen LogP contribution in [0.3, 0.4) is 0 Å². The van der Waals surface area contributed by atoms with Crippen LogP contribution in [-0.2, 0) is 11.3 Å². The topological polar surface area (TPSA) is 39.7 Å². The molecule has 0 aliphatic rings. The summed E-state index contributed by atoms with van der Waals surface area (Å²) in [5, 5.41) is 3.40. The van der Waals surface area contributed by atoms with Crippen LogP contribution in [0.5, 0.6) is 11.5 Å². The van der Waals surface area contributed by atoms with Gasteiger partial charge in [-0.05, 0) is 31.0 Å². The average Bonchev–Trinajstić information content (AvgIpc) is 2.47. The molecule has 0 aliphatic carbocycles. The smallest absolute Gasteiger partial charge is 0.161 e. The van der Waals surface area contributed by atoms with Gasteiger partial charge in [0, 0.05) is 19.2 Å². The van der Waals surface area contributed by atoms with Gasteiger partial charge in [0.25, 0.3) is 0 Å². The second kappa shape index (κ2) is 10.5. The third kappa shape index (κ3) is 7.34. The Bertz CT molecular complexity index is 394. The summed E-state index contributed by atoms with van der Waals surface area (Å²) in [6.07, 6.45) is 1.03. The van der Waals surface area contributed by atoms with Crippen molar-refractivity contribution in [3.05, 3.63) is 23.8 Å². The van der Waals surface area contributed by atoms with Gasteiger partial charge in [0.15, 0.2) is 11.5 Å². The Hall–Kier alpha value is -1.26. The van der Waals surface area contributed by atoms with Crippen LogP contribution < -0.4 is 14.8 Å². The molecule has 4 heteroatoms. The van der Waals surface area contributed by atoms with Crippen molar-refractivity contribution >= 4 is 0 Å². The van der Waals surface area contributed by atoms with E-state index in [0.717, 1.165) is 31.1 Å². The summed E-state index contributed by atoms with van der Waals surface area (Å²) in [5.41, 5.74) is 1.20. The Balaban J connectivity index is 2.56. The van der Waals surface area contributed by atoms with Crippen molar-refractivity contribution in [1.29, 1.82) is 0 Å². The van der Waals surface area contributed by atoms with Crippen LogP contribution in [0.1, 0.15) is 39.7 Å². The molecular formula is C17H29NO3. The van der Waals surface area contributed by atoms with E-state index in [1.165, 1.54) is 5.56 Å². The van der Waals surface area contributed by atoms with Crippen molar-refractivity contribution in [2.24, 2.45) is 0 Å². The van der Waals surface area contributed by atoms with Gasteiger partial charge in [0.05, 0.1) is 13.2 Å². The summed E-state index contributed by atoms with van der Waals surface area (Å²) in [4.78, 5) is 0. The molecule has 0 spiro atoms. The summed E-state index contributed by atoms with van der Waals surface area (Å²) in [5.74, 6) is 1.58. The lowest BCUT2D eigenvalue weighted by Crippen LogP contribution is -2.21. The second-order valence-electron chi connectivity index (χ2n) is 5.21. The summed E-state index contributed by atoms with van der Waals surface area (Å²) in [6.45, 7) is 11.7. The van der Waals surface area contributed by atoms with Crippen LogP contribution in [0.15, 0.2) is 18.2 Å². The van der Waals surface area contributed by atoms with E-state index in [0.29, 0.717) is 25.9 Å². The molecule has 0 aromatic heterocycles. The molecule has 0 amide bonds. The highest BCUT2D eigenvalue weighted by molar-refractivity contribution is 5.43. The minimum atomic E-state index is 0.465. The van der Waals surface area contributed by atoms with Crippen LogP contribution in [0, 0.1) is 0 Å². The zero-order chi connectivity index (χ0) is 15.5. The molecule has 0 saturated carbocycles. The molecule has 21 heavy (non-hydrogen) atoms. The Kier molecular flexibility index (Phi) is 8.87. The minimum absolute atomic E-state index is 0.465. The minimum Gasteiger partial charge on any atom is -0.490 e. The maximum Gasteiger partial charge on any atom is 0.161 e. The number of benzene rings is 1. The van der Waals surface area contributed by atoms with Crippen LogP contribution in [0.25, 0.3) is 0 Å². The maximum absolute atomic E-state index is 5.75. The molecular weight excluding hydrogens is 266 g/mol. The second-order valence-corrected chi connectivity index (χ2v) is 5.21. The molecule has 0 unspecified atom stereocenters. The van der Waals surface area contributed by atoms with Gasteiger partial charge in [-0.25, -0.2) is 0 Å². The average molecular weight is 295 g/mol. The fraction of sp³-hybridized carbons (Fsp3) is 0.647. The number of nitrogens with one attached hydrogen (secondary N) is 1. The molecule has 0 atom stereocenters. The van der Waals surface area contributed by atoms with Gasteiger partial charge in [-0.2, -0.15) is 0 Å². The quantitative estimate of drug-likeness (QED) is 0.635. The zero-order valence-electron chi connectivity index (χ0n) is 13.8. The molecule has 120 valence electrons. The molecule has 0 aliphatic heterocycles. The number of rotatable bonds is 11. The number of ether oxygens (including phenoxy) is 3. The lowest BCUT2D eigenvalue weighted by atomic mass is 10.2. The molecule has 1 aromatic rings. The van der Waals surface area contributed by atoms with Crippen molar-refractivity contribution in [2.75, 3.05) is 26.4 Å². The third-order valence-corrected chi connectivity index (χ3v) is 2.86. The molecule has 1 N–H and O–H groups in total. The standard InChI is InChI=1S/C17H29NO3/c1-5-9-19-10-11-21-16-8-7-15(13-18-14(3)4)12-17(16)20-6-2/h7-8,12,14,18H,5-6,9-11,13H2,1-4H3. The lowest BCUT2D eigenvalue weighted by Gasteiger charge is -2.14. The zero-order valence-corrected chi connectivity index (χ0v) is 13.8.